The van der Waals surface area contributed by atoms with Crippen molar-refractivity contribution >= 4 is 29.2 Å². The molecular formula is C23H26N4O4. The molecule has 1 aliphatic heterocycles. The van der Waals surface area contributed by atoms with Gasteiger partial charge >= 0.3 is 12.0 Å². The van der Waals surface area contributed by atoms with Gasteiger partial charge in [0.25, 0.3) is 0 Å². The molecule has 0 fully saturated rings. The van der Waals surface area contributed by atoms with Crippen molar-refractivity contribution in [3.8, 4) is 0 Å². The van der Waals surface area contributed by atoms with Gasteiger partial charge in [0.1, 0.15) is 12.3 Å². The van der Waals surface area contributed by atoms with Crippen molar-refractivity contribution < 1.29 is 19.1 Å². The maximum absolute atomic E-state index is 13.5. The first kappa shape index (κ1) is 22.1. The molecule has 1 aromatic carbocycles. The molecule has 2 heterocycles. The second-order valence-corrected chi connectivity index (χ2v) is 8.09. The summed E-state index contributed by atoms with van der Waals surface area (Å²) in [4.78, 5) is 44.2. The Morgan fingerprint density at radius 3 is 2.39 bits per heavy atom. The summed E-state index contributed by atoms with van der Waals surface area (Å²) in [6.07, 6.45) is 1.63. The molecule has 0 unspecified atom stereocenters. The highest BCUT2D eigenvalue weighted by Gasteiger charge is 2.35. The second kappa shape index (κ2) is 9.07. The van der Waals surface area contributed by atoms with Crippen LogP contribution >= 0.6 is 0 Å². The number of nitrogens with zero attached hydrogens (tertiary/aromatic N) is 4. The van der Waals surface area contributed by atoms with Crippen molar-refractivity contribution in [1.29, 1.82) is 0 Å². The molecule has 2 amide bonds. The van der Waals surface area contributed by atoms with Crippen molar-refractivity contribution in [2.24, 2.45) is 10.5 Å². The molecule has 1 aliphatic rings. The largest absolute Gasteiger partial charge is 0.465 e. The molecule has 8 nitrogen and oxygen atoms in total. The zero-order chi connectivity index (χ0) is 22.6. The lowest BCUT2D eigenvalue weighted by Crippen LogP contribution is -2.46. The monoisotopic (exact) mass is 422 g/mol. The van der Waals surface area contributed by atoms with Gasteiger partial charge in [-0.05, 0) is 25.1 Å². The number of rotatable bonds is 6. The molecule has 0 N–H and O–H groups in total. The van der Waals surface area contributed by atoms with Crippen LogP contribution in [0.4, 0.5) is 10.5 Å². The fraction of sp³-hybridized carbons (Fsp3) is 0.348. The summed E-state index contributed by atoms with van der Waals surface area (Å²) in [5.74, 6) is -0.707. The third-order valence-electron chi connectivity index (χ3n) is 4.75. The van der Waals surface area contributed by atoms with Gasteiger partial charge in [0.15, 0.2) is 5.78 Å². The van der Waals surface area contributed by atoms with E-state index in [1.807, 2.05) is 18.2 Å². The molecule has 2 aromatic rings. The highest BCUT2D eigenvalue weighted by molar-refractivity contribution is 6.18. The third kappa shape index (κ3) is 4.96. The first-order valence-electron chi connectivity index (χ1n) is 10.1. The minimum Gasteiger partial charge on any atom is -0.465 e. The summed E-state index contributed by atoms with van der Waals surface area (Å²) >= 11 is 0. The van der Waals surface area contributed by atoms with Crippen molar-refractivity contribution in [2.45, 2.75) is 27.7 Å². The predicted octanol–water partition coefficient (Wildman–Crippen LogP) is 3.25. The number of urea groups is 1. The Kier molecular flexibility index (Phi) is 6.48. The first-order chi connectivity index (χ1) is 14.7. The number of hydrogen-bond acceptors (Lipinski definition) is 6. The SMILES string of the molecule is CCOC(=O)CN1N=C(c2ccccn2)c2ccccc2N(CC(=O)C(C)(C)C)C1=O. The number of fused-ring (bicyclic) bond motifs is 1. The third-order valence-corrected chi connectivity index (χ3v) is 4.75. The van der Waals surface area contributed by atoms with Crippen LogP contribution in [0.5, 0.6) is 0 Å². The van der Waals surface area contributed by atoms with E-state index in [9.17, 15) is 14.4 Å². The summed E-state index contributed by atoms with van der Waals surface area (Å²) in [6.45, 7) is 6.75. The van der Waals surface area contributed by atoms with Crippen molar-refractivity contribution in [3.05, 3.63) is 59.9 Å². The maximum Gasteiger partial charge on any atom is 0.345 e. The van der Waals surface area contributed by atoms with E-state index in [0.717, 1.165) is 5.01 Å². The number of amides is 2. The van der Waals surface area contributed by atoms with Gasteiger partial charge < -0.3 is 4.74 Å². The Bertz CT molecular complexity index is 1010. The van der Waals surface area contributed by atoms with Crippen LogP contribution < -0.4 is 4.90 Å². The highest BCUT2D eigenvalue weighted by Crippen LogP contribution is 2.29. The highest BCUT2D eigenvalue weighted by atomic mass is 16.5. The van der Waals surface area contributed by atoms with E-state index in [2.05, 4.69) is 10.1 Å². The van der Waals surface area contributed by atoms with Crippen molar-refractivity contribution in [2.75, 3.05) is 24.6 Å². The van der Waals surface area contributed by atoms with Crippen LogP contribution in [0.3, 0.4) is 0 Å². The number of pyridine rings is 1. The lowest BCUT2D eigenvalue weighted by Gasteiger charge is -2.28. The minimum absolute atomic E-state index is 0.118. The van der Waals surface area contributed by atoms with Crippen LogP contribution in [0.1, 0.15) is 39.0 Å². The average Bonchev–Trinajstić information content (AvgIpc) is 2.84. The van der Waals surface area contributed by atoms with Crippen LogP contribution in [-0.4, -0.2) is 53.2 Å². The number of aromatic nitrogens is 1. The van der Waals surface area contributed by atoms with Crippen LogP contribution in [-0.2, 0) is 14.3 Å². The molecule has 0 bridgehead atoms. The van der Waals surface area contributed by atoms with Gasteiger partial charge in [0.2, 0.25) is 0 Å². The van der Waals surface area contributed by atoms with Gasteiger partial charge in [0.05, 0.1) is 24.5 Å². The summed E-state index contributed by atoms with van der Waals surface area (Å²) < 4.78 is 5.02. The summed E-state index contributed by atoms with van der Waals surface area (Å²) in [5, 5.41) is 5.53. The number of carbonyl (C=O) groups is 3. The Balaban J connectivity index is 2.14. The van der Waals surface area contributed by atoms with Gasteiger partial charge in [-0.3, -0.25) is 19.5 Å². The molecule has 0 spiro atoms. The van der Waals surface area contributed by atoms with Crippen LogP contribution in [0, 0.1) is 5.41 Å². The van der Waals surface area contributed by atoms with E-state index in [1.165, 1.54) is 4.90 Å². The van der Waals surface area contributed by atoms with E-state index in [0.29, 0.717) is 22.7 Å². The lowest BCUT2D eigenvalue weighted by atomic mass is 9.90. The maximum atomic E-state index is 13.5. The number of benzene rings is 1. The molecule has 3 rings (SSSR count). The zero-order valence-electron chi connectivity index (χ0n) is 18.2. The van der Waals surface area contributed by atoms with E-state index in [-0.39, 0.29) is 25.5 Å². The van der Waals surface area contributed by atoms with Crippen LogP contribution in [0.15, 0.2) is 53.8 Å². The molecule has 0 atom stereocenters. The number of ketones is 1. The summed E-state index contributed by atoms with van der Waals surface area (Å²) in [5.41, 5.74) is 1.50. The standard InChI is InChI=1S/C23H26N4O4/c1-5-31-20(29)15-27-22(30)26(14-19(28)23(2,3)4)18-12-7-6-10-16(18)21(25-27)17-11-8-9-13-24-17/h6-13H,5,14-15H2,1-4H3. The topological polar surface area (TPSA) is 92.2 Å². The Labute approximate surface area is 181 Å². The fourth-order valence-corrected chi connectivity index (χ4v) is 3.03. The van der Waals surface area contributed by atoms with E-state index in [4.69, 9.17) is 4.74 Å². The molecule has 0 saturated heterocycles. The van der Waals surface area contributed by atoms with Crippen molar-refractivity contribution in [1.82, 2.24) is 9.99 Å². The van der Waals surface area contributed by atoms with Gasteiger partial charge in [0, 0.05) is 17.2 Å². The average molecular weight is 422 g/mol. The molecule has 1 aromatic heterocycles. The molecule has 8 heteroatoms. The van der Waals surface area contributed by atoms with E-state index >= 15 is 0 Å². The van der Waals surface area contributed by atoms with Gasteiger partial charge in [-0.15, -0.1) is 0 Å². The van der Waals surface area contributed by atoms with E-state index < -0.39 is 17.4 Å². The molecular weight excluding hydrogens is 396 g/mol. The fourth-order valence-electron chi connectivity index (χ4n) is 3.03. The number of hydrazone groups is 1. The van der Waals surface area contributed by atoms with Gasteiger partial charge in [-0.25, -0.2) is 9.80 Å². The number of ether oxygens (including phenoxy) is 1. The molecule has 0 aliphatic carbocycles. The van der Waals surface area contributed by atoms with Gasteiger partial charge in [-0.2, -0.15) is 5.10 Å². The first-order valence-corrected chi connectivity index (χ1v) is 10.1. The Hall–Kier alpha value is -3.55. The summed E-state index contributed by atoms with van der Waals surface area (Å²) in [7, 11) is 0. The lowest BCUT2D eigenvalue weighted by molar-refractivity contribution is -0.143. The molecule has 0 radical (unpaired) electrons. The second-order valence-electron chi connectivity index (χ2n) is 8.09. The van der Waals surface area contributed by atoms with E-state index in [1.54, 1.807) is 58.2 Å². The number of anilines is 1. The van der Waals surface area contributed by atoms with Crippen LogP contribution in [0.25, 0.3) is 0 Å². The molecule has 31 heavy (non-hydrogen) atoms. The number of para-hydroxylation sites is 1. The number of carbonyl (C=O) groups excluding carboxylic acids is 3. The summed E-state index contributed by atoms with van der Waals surface area (Å²) in [6, 6.07) is 12.0. The number of esters is 1. The Morgan fingerprint density at radius 2 is 1.74 bits per heavy atom. The normalized spacial score (nSPS) is 13.9. The number of Topliss-reactive ketones (excluding diaryl/α,β-unsaturated/α-hetero) is 1. The van der Waals surface area contributed by atoms with Crippen LogP contribution in [0.2, 0.25) is 0 Å². The smallest absolute Gasteiger partial charge is 0.345 e. The van der Waals surface area contributed by atoms with Crippen molar-refractivity contribution in [3.63, 3.8) is 0 Å². The number of hydrogen-bond donors (Lipinski definition) is 0. The quantitative estimate of drug-likeness (QED) is 0.667. The Morgan fingerprint density at radius 1 is 1.03 bits per heavy atom. The minimum atomic E-state index is -0.641. The van der Waals surface area contributed by atoms with Gasteiger partial charge in [-0.1, -0.05) is 45.0 Å². The molecule has 0 saturated carbocycles. The predicted molar refractivity (Wildman–Crippen MR) is 117 cm³/mol. The molecule has 162 valence electrons. The zero-order valence-corrected chi connectivity index (χ0v) is 18.2.